The van der Waals surface area contributed by atoms with Crippen molar-refractivity contribution in [2.45, 2.75) is 138 Å². The van der Waals surface area contributed by atoms with Crippen molar-refractivity contribution in [2.24, 2.45) is 23.2 Å². The van der Waals surface area contributed by atoms with Crippen molar-refractivity contribution in [1.29, 1.82) is 0 Å². The molecule has 3 N–H and O–H groups in total. The minimum Gasteiger partial charge on any atom is -0.481 e. The van der Waals surface area contributed by atoms with Gasteiger partial charge in [-0.1, -0.05) is 119 Å². The molecule has 0 rings (SSSR count). The molecule has 0 aromatic rings. The predicted octanol–water partition coefficient (Wildman–Crippen LogP) is 8.34. The third-order valence-electron chi connectivity index (χ3n) is 8.06. The van der Waals surface area contributed by atoms with Gasteiger partial charge in [-0.3, -0.25) is 4.79 Å². The molecule has 0 aliphatic rings. The second-order valence-corrected chi connectivity index (χ2v) is 10.7. The predicted molar refractivity (Wildman–Crippen MR) is 146 cm³/mol. The van der Waals surface area contributed by atoms with Gasteiger partial charge in [-0.15, -0.1) is 0 Å². The van der Waals surface area contributed by atoms with Crippen molar-refractivity contribution in [2.75, 3.05) is 0 Å². The lowest BCUT2D eigenvalue weighted by atomic mass is 9.64. The van der Waals surface area contributed by atoms with Crippen LogP contribution in [0.5, 0.6) is 0 Å². The summed E-state index contributed by atoms with van der Waals surface area (Å²) in [6.45, 7) is 12.3. The van der Waals surface area contributed by atoms with E-state index >= 15 is 0 Å². The highest BCUT2D eigenvalue weighted by molar-refractivity contribution is 6.04. The lowest BCUT2D eigenvalue weighted by molar-refractivity contribution is -0.152. The van der Waals surface area contributed by atoms with E-state index in [1.807, 2.05) is 20.8 Å². The monoisotopic (exact) mass is 510 g/mol. The van der Waals surface area contributed by atoms with Crippen LogP contribution in [0.4, 0.5) is 0 Å². The molecule has 0 aromatic heterocycles. The average Bonchev–Trinajstić information content (AvgIpc) is 2.84. The number of aliphatic carboxylic acids is 3. The molecule has 210 valence electrons. The molecular formula is C30H54O6. The number of carboxylic acid groups (broad SMARTS) is 3. The molecule has 0 bridgehead atoms. The van der Waals surface area contributed by atoms with Gasteiger partial charge in [0.05, 0.1) is 5.57 Å². The van der Waals surface area contributed by atoms with E-state index < -0.39 is 23.3 Å². The first-order valence-electron chi connectivity index (χ1n) is 14.5. The standard InChI is InChI=1S/C30H54O6/c1-7-13-16-22(10-4)19-25(27(31)32)26(28(33)34)30(29(35)36,20-23(11-5)17-14-8-2)21-24(12-6)18-15-9-3/h22-24H,7-21H2,1-6H3,(H,31,32)(H,33,34)(H,35,36). The molecule has 0 aliphatic carbocycles. The Morgan fingerprint density at radius 2 is 1.00 bits per heavy atom. The molecule has 0 amide bonds. The van der Waals surface area contributed by atoms with E-state index in [1.54, 1.807) is 0 Å². The summed E-state index contributed by atoms with van der Waals surface area (Å²) < 4.78 is 0. The zero-order valence-corrected chi connectivity index (χ0v) is 23.9. The van der Waals surface area contributed by atoms with Crippen molar-refractivity contribution < 1.29 is 29.7 Å². The SMILES string of the molecule is CCCCC(CC)CC(C(=O)O)=C(C(=O)O)C(CC(CC)CCCC)(CC(CC)CCCC)C(=O)O. The van der Waals surface area contributed by atoms with Crippen molar-refractivity contribution in [3.8, 4) is 0 Å². The average molecular weight is 511 g/mol. The summed E-state index contributed by atoms with van der Waals surface area (Å²) in [7, 11) is 0. The summed E-state index contributed by atoms with van der Waals surface area (Å²) in [6.07, 6.45) is 10.8. The molecule has 0 spiro atoms. The van der Waals surface area contributed by atoms with Gasteiger partial charge in [0.25, 0.3) is 0 Å². The highest BCUT2D eigenvalue weighted by Crippen LogP contribution is 2.47. The van der Waals surface area contributed by atoms with Crippen LogP contribution in [0.2, 0.25) is 0 Å². The quantitative estimate of drug-likeness (QED) is 0.126. The van der Waals surface area contributed by atoms with Gasteiger partial charge in [-0.2, -0.15) is 0 Å². The summed E-state index contributed by atoms with van der Waals surface area (Å²) in [5, 5.41) is 31.5. The maximum atomic E-state index is 13.2. The first kappa shape index (κ1) is 34.1. The third kappa shape index (κ3) is 10.6. The van der Waals surface area contributed by atoms with Gasteiger partial charge in [0.1, 0.15) is 5.41 Å². The Hall–Kier alpha value is -1.85. The molecule has 0 saturated carbocycles. The molecule has 0 fully saturated rings. The minimum atomic E-state index is -1.72. The van der Waals surface area contributed by atoms with Crippen LogP contribution in [0.3, 0.4) is 0 Å². The van der Waals surface area contributed by atoms with E-state index in [2.05, 4.69) is 20.8 Å². The van der Waals surface area contributed by atoms with Crippen LogP contribution in [0, 0.1) is 23.2 Å². The van der Waals surface area contributed by atoms with Crippen molar-refractivity contribution in [3.63, 3.8) is 0 Å². The first-order chi connectivity index (χ1) is 17.1. The topological polar surface area (TPSA) is 112 Å². The number of carboxylic acids is 3. The van der Waals surface area contributed by atoms with E-state index in [1.165, 1.54) is 0 Å². The number of unbranched alkanes of at least 4 members (excludes halogenated alkanes) is 3. The highest BCUT2D eigenvalue weighted by Gasteiger charge is 2.50. The lowest BCUT2D eigenvalue weighted by Gasteiger charge is -2.37. The molecule has 0 radical (unpaired) electrons. The van der Waals surface area contributed by atoms with E-state index in [-0.39, 0.29) is 48.2 Å². The fourth-order valence-corrected chi connectivity index (χ4v) is 5.59. The zero-order chi connectivity index (χ0) is 27.7. The Bertz CT molecular complexity index is 678. The normalized spacial score (nSPS) is 16.5. The maximum Gasteiger partial charge on any atom is 0.333 e. The lowest BCUT2D eigenvalue weighted by Crippen LogP contribution is -2.41. The second kappa shape index (κ2) is 18.4. The van der Waals surface area contributed by atoms with Crippen LogP contribution in [0.15, 0.2) is 11.1 Å². The summed E-state index contributed by atoms with van der Waals surface area (Å²) in [5.74, 6) is -3.81. The Morgan fingerprint density at radius 3 is 1.28 bits per heavy atom. The minimum absolute atomic E-state index is 0.0148. The summed E-state index contributed by atoms with van der Waals surface area (Å²) in [5.41, 5.74) is -2.29. The van der Waals surface area contributed by atoms with Gasteiger partial charge in [-0.25, -0.2) is 9.59 Å². The second-order valence-electron chi connectivity index (χ2n) is 10.7. The Morgan fingerprint density at radius 1 is 0.611 bits per heavy atom. The van der Waals surface area contributed by atoms with E-state index in [4.69, 9.17) is 0 Å². The smallest absolute Gasteiger partial charge is 0.333 e. The van der Waals surface area contributed by atoms with Gasteiger partial charge in [-0.05, 0) is 37.0 Å². The molecule has 6 nitrogen and oxygen atoms in total. The Kier molecular flexibility index (Phi) is 17.5. The van der Waals surface area contributed by atoms with Crippen molar-refractivity contribution in [1.82, 2.24) is 0 Å². The zero-order valence-electron chi connectivity index (χ0n) is 23.9. The molecule has 0 heterocycles. The first-order valence-corrected chi connectivity index (χ1v) is 14.5. The molecule has 3 atom stereocenters. The summed E-state index contributed by atoms with van der Waals surface area (Å²) >= 11 is 0. The third-order valence-corrected chi connectivity index (χ3v) is 8.06. The van der Waals surface area contributed by atoms with Crippen LogP contribution in [0.25, 0.3) is 0 Å². The molecule has 0 aliphatic heterocycles. The Labute approximate surface area is 220 Å². The molecule has 36 heavy (non-hydrogen) atoms. The van der Waals surface area contributed by atoms with Gasteiger partial charge in [0.15, 0.2) is 0 Å². The van der Waals surface area contributed by atoms with Gasteiger partial charge in [0, 0.05) is 5.57 Å². The largest absolute Gasteiger partial charge is 0.481 e. The molecular weight excluding hydrogens is 456 g/mol. The fraction of sp³-hybridized carbons (Fsp3) is 0.833. The van der Waals surface area contributed by atoms with E-state index in [0.29, 0.717) is 0 Å². The van der Waals surface area contributed by atoms with Crippen LogP contribution in [-0.4, -0.2) is 33.2 Å². The highest BCUT2D eigenvalue weighted by atomic mass is 16.4. The number of hydrogen-bond acceptors (Lipinski definition) is 3. The van der Waals surface area contributed by atoms with Gasteiger partial charge >= 0.3 is 17.9 Å². The van der Waals surface area contributed by atoms with E-state index in [0.717, 1.165) is 77.0 Å². The van der Waals surface area contributed by atoms with Crippen LogP contribution >= 0.6 is 0 Å². The van der Waals surface area contributed by atoms with Gasteiger partial charge in [0.2, 0.25) is 0 Å². The van der Waals surface area contributed by atoms with Crippen LogP contribution < -0.4 is 0 Å². The number of hydrogen-bond donors (Lipinski definition) is 3. The van der Waals surface area contributed by atoms with Crippen molar-refractivity contribution >= 4 is 17.9 Å². The van der Waals surface area contributed by atoms with Gasteiger partial charge < -0.3 is 15.3 Å². The van der Waals surface area contributed by atoms with E-state index in [9.17, 15) is 29.7 Å². The Balaban J connectivity index is 7.07. The van der Waals surface area contributed by atoms with Crippen LogP contribution in [-0.2, 0) is 14.4 Å². The van der Waals surface area contributed by atoms with Crippen LogP contribution in [0.1, 0.15) is 138 Å². The van der Waals surface area contributed by atoms with Crippen molar-refractivity contribution in [3.05, 3.63) is 11.1 Å². The molecule has 3 unspecified atom stereocenters. The summed E-state index contributed by atoms with van der Waals surface area (Å²) in [4.78, 5) is 38.6. The number of carbonyl (C=O) groups is 3. The molecule has 6 heteroatoms. The fourth-order valence-electron chi connectivity index (χ4n) is 5.59. The maximum absolute atomic E-state index is 13.2. The molecule has 0 saturated heterocycles. The number of rotatable bonds is 22. The molecule has 0 aromatic carbocycles. The summed E-state index contributed by atoms with van der Waals surface area (Å²) in [6, 6.07) is 0.